The van der Waals surface area contributed by atoms with Gasteiger partial charge in [0, 0.05) is 23.5 Å². The van der Waals surface area contributed by atoms with E-state index in [0.29, 0.717) is 11.3 Å². The standard InChI is InChI=1S/C17H20N2O2/c1-12(20)16-7-6-14(11-17(16)18)19-9-8-13-4-3-5-15(10-13)21-2/h3-7,10-11,19H,8-9,18H2,1-2H3. The average molecular weight is 284 g/mol. The van der Waals surface area contributed by atoms with Crippen LogP contribution in [0.4, 0.5) is 11.4 Å². The highest BCUT2D eigenvalue weighted by atomic mass is 16.5. The van der Waals surface area contributed by atoms with Crippen LogP contribution in [0.5, 0.6) is 5.75 Å². The van der Waals surface area contributed by atoms with E-state index in [1.165, 1.54) is 12.5 Å². The lowest BCUT2D eigenvalue weighted by Crippen LogP contribution is -2.06. The largest absolute Gasteiger partial charge is 0.497 e. The van der Waals surface area contributed by atoms with Crippen LogP contribution in [0.15, 0.2) is 42.5 Å². The number of ether oxygens (including phenoxy) is 1. The van der Waals surface area contributed by atoms with Crippen LogP contribution in [0, 0.1) is 0 Å². The molecule has 110 valence electrons. The molecule has 0 saturated heterocycles. The van der Waals surface area contributed by atoms with Crippen LogP contribution in [-0.2, 0) is 6.42 Å². The minimum atomic E-state index is -0.0181. The number of hydrogen-bond donors (Lipinski definition) is 2. The van der Waals surface area contributed by atoms with Crippen LogP contribution in [0.25, 0.3) is 0 Å². The number of hydrogen-bond acceptors (Lipinski definition) is 4. The first-order valence-corrected chi connectivity index (χ1v) is 6.87. The highest BCUT2D eigenvalue weighted by molar-refractivity contribution is 5.99. The summed E-state index contributed by atoms with van der Waals surface area (Å²) in [6, 6.07) is 13.4. The summed E-state index contributed by atoms with van der Waals surface area (Å²) in [7, 11) is 1.66. The van der Waals surface area contributed by atoms with Crippen LogP contribution in [0.2, 0.25) is 0 Å². The Kier molecular flexibility index (Phi) is 4.82. The molecule has 0 bridgehead atoms. The third kappa shape index (κ3) is 3.99. The molecule has 0 aliphatic rings. The van der Waals surface area contributed by atoms with E-state index in [4.69, 9.17) is 10.5 Å². The molecule has 0 atom stereocenters. The molecule has 0 aliphatic carbocycles. The van der Waals surface area contributed by atoms with Crippen molar-refractivity contribution in [2.75, 3.05) is 24.7 Å². The molecule has 0 heterocycles. The predicted octanol–water partition coefficient (Wildman–Crippen LogP) is 3.13. The zero-order valence-electron chi connectivity index (χ0n) is 12.3. The summed E-state index contributed by atoms with van der Waals surface area (Å²) in [5.74, 6) is 0.845. The molecule has 4 nitrogen and oxygen atoms in total. The molecule has 3 N–H and O–H groups in total. The van der Waals surface area contributed by atoms with E-state index in [9.17, 15) is 4.79 Å². The SMILES string of the molecule is COc1cccc(CCNc2ccc(C(C)=O)c(N)c2)c1. The summed E-state index contributed by atoms with van der Waals surface area (Å²) in [6.45, 7) is 2.30. The number of carbonyl (C=O) groups excluding carboxylic acids is 1. The first-order chi connectivity index (χ1) is 10.1. The summed E-state index contributed by atoms with van der Waals surface area (Å²) in [5, 5.41) is 3.31. The number of nitrogen functional groups attached to an aromatic ring is 1. The lowest BCUT2D eigenvalue weighted by atomic mass is 10.1. The minimum absolute atomic E-state index is 0.0181. The van der Waals surface area contributed by atoms with Crippen LogP contribution >= 0.6 is 0 Å². The molecule has 0 fully saturated rings. The molecular weight excluding hydrogens is 264 g/mol. The third-order valence-electron chi connectivity index (χ3n) is 3.31. The molecule has 0 amide bonds. The van der Waals surface area contributed by atoms with Gasteiger partial charge in [0.15, 0.2) is 5.78 Å². The van der Waals surface area contributed by atoms with Gasteiger partial charge in [-0.05, 0) is 49.2 Å². The molecule has 2 rings (SSSR count). The van der Waals surface area contributed by atoms with Crippen molar-refractivity contribution in [3.63, 3.8) is 0 Å². The molecule has 2 aromatic carbocycles. The molecule has 0 radical (unpaired) electrons. The van der Waals surface area contributed by atoms with Crippen molar-refractivity contribution in [1.29, 1.82) is 0 Å². The van der Waals surface area contributed by atoms with Crippen LogP contribution in [-0.4, -0.2) is 19.4 Å². The van der Waals surface area contributed by atoms with Gasteiger partial charge < -0.3 is 15.8 Å². The van der Waals surface area contributed by atoms with Gasteiger partial charge in [-0.1, -0.05) is 12.1 Å². The zero-order valence-corrected chi connectivity index (χ0v) is 12.3. The van der Waals surface area contributed by atoms with Gasteiger partial charge in [-0.2, -0.15) is 0 Å². The van der Waals surface area contributed by atoms with Crippen molar-refractivity contribution in [1.82, 2.24) is 0 Å². The smallest absolute Gasteiger partial charge is 0.161 e. The number of ketones is 1. The number of benzene rings is 2. The summed E-state index contributed by atoms with van der Waals surface area (Å²) >= 11 is 0. The fourth-order valence-corrected chi connectivity index (χ4v) is 2.17. The maximum Gasteiger partial charge on any atom is 0.161 e. The lowest BCUT2D eigenvalue weighted by molar-refractivity contribution is 0.101. The Morgan fingerprint density at radius 1 is 1.24 bits per heavy atom. The second-order valence-corrected chi connectivity index (χ2v) is 4.89. The fraction of sp³-hybridized carbons (Fsp3) is 0.235. The van der Waals surface area contributed by atoms with Gasteiger partial charge in [0.1, 0.15) is 5.75 Å². The third-order valence-corrected chi connectivity index (χ3v) is 3.31. The number of anilines is 2. The van der Waals surface area contributed by atoms with Crippen molar-refractivity contribution >= 4 is 17.2 Å². The molecule has 4 heteroatoms. The molecule has 0 aromatic heterocycles. The number of Topliss-reactive ketones (excluding diaryl/α,β-unsaturated/α-hetero) is 1. The average Bonchev–Trinajstić information content (AvgIpc) is 2.47. The van der Waals surface area contributed by atoms with Crippen LogP contribution in [0.1, 0.15) is 22.8 Å². The molecule has 0 unspecified atom stereocenters. The normalized spacial score (nSPS) is 10.2. The highest BCUT2D eigenvalue weighted by Gasteiger charge is 2.05. The van der Waals surface area contributed by atoms with Crippen molar-refractivity contribution in [3.05, 3.63) is 53.6 Å². The van der Waals surface area contributed by atoms with Crippen molar-refractivity contribution in [3.8, 4) is 5.75 Å². The Balaban J connectivity index is 1.94. The Hall–Kier alpha value is -2.49. The summed E-state index contributed by atoms with van der Waals surface area (Å²) < 4.78 is 5.20. The van der Waals surface area contributed by atoms with Crippen molar-refractivity contribution in [2.45, 2.75) is 13.3 Å². The quantitative estimate of drug-likeness (QED) is 0.632. The Bertz CT molecular complexity index is 638. The first-order valence-electron chi connectivity index (χ1n) is 6.87. The minimum Gasteiger partial charge on any atom is -0.497 e. The maximum absolute atomic E-state index is 11.3. The Morgan fingerprint density at radius 3 is 2.71 bits per heavy atom. The summed E-state index contributed by atoms with van der Waals surface area (Å²) in [4.78, 5) is 11.3. The molecule has 0 saturated carbocycles. The molecule has 2 aromatic rings. The monoisotopic (exact) mass is 284 g/mol. The van der Waals surface area contributed by atoms with Gasteiger partial charge in [0.05, 0.1) is 7.11 Å². The Labute approximate surface area is 124 Å². The van der Waals surface area contributed by atoms with Crippen LogP contribution in [0.3, 0.4) is 0 Å². The number of nitrogens with two attached hydrogens (primary N) is 1. The van der Waals surface area contributed by atoms with E-state index in [-0.39, 0.29) is 5.78 Å². The number of rotatable bonds is 6. The maximum atomic E-state index is 11.3. The van der Waals surface area contributed by atoms with Gasteiger partial charge in [0.25, 0.3) is 0 Å². The lowest BCUT2D eigenvalue weighted by Gasteiger charge is -2.09. The van der Waals surface area contributed by atoms with Crippen molar-refractivity contribution < 1.29 is 9.53 Å². The molecule has 0 spiro atoms. The summed E-state index contributed by atoms with van der Waals surface area (Å²) in [5.41, 5.74) is 9.06. The van der Waals surface area contributed by atoms with E-state index in [1.54, 1.807) is 19.2 Å². The zero-order chi connectivity index (χ0) is 15.2. The van der Waals surface area contributed by atoms with Crippen LogP contribution < -0.4 is 15.8 Å². The Morgan fingerprint density at radius 2 is 2.05 bits per heavy atom. The van der Waals surface area contributed by atoms with Crippen molar-refractivity contribution in [2.24, 2.45) is 0 Å². The van der Waals surface area contributed by atoms with Gasteiger partial charge in [-0.3, -0.25) is 4.79 Å². The predicted molar refractivity (Wildman–Crippen MR) is 86.0 cm³/mol. The van der Waals surface area contributed by atoms with E-state index < -0.39 is 0 Å². The van der Waals surface area contributed by atoms with E-state index in [2.05, 4.69) is 11.4 Å². The molecular formula is C17H20N2O2. The van der Waals surface area contributed by atoms with E-state index in [1.807, 2.05) is 24.3 Å². The van der Waals surface area contributed by atoms with Gasteiger partial charge >= 0.3 is 0 Å². The van der Waals surface area contributed by atoms with Gasteiger partial charge in [-0.25, -0.2) is 0 Å². The fourth-order valence-electron chi connectivity index (χ4n) is 2.17. The molecule has 0 aliphatic heterocycles. The topological polar surface area (TPSA) is 64.3 Å². The van der Waals surface area contributed by atoms with Gasteiger partial charge in [0.2, 0.25) is 0 Å². The first kappa shape index (κ1) is 14.9. The number of nitrogens with one attached hydrogen (secondary N) is 1. The number of carbonyl (C=O) groups is 1. The highest BCUT2D eigenvalue weighted by Crippen LogP contribution is 2.19. The second-order valence-electron chi connectivity index (χ2n) is 4.89. The van der Waals surface area contributed by atoms with E-state index >= 15 is 0 Å². The second kappa shape index (κ2) is 6.79. The van der Waals surface area contributed by atoms with Gasteiger partial charge in [-0.15, -0.1) is 0 Å². The van der Waals surface area contributed by atoms with E-state index in [0.717, 1.165) is 24.4 Å². The summed E-state index contributed by atoms with van der Waals surface area (Å²) in [6.07, 6.45) is 0.881. The molecule has 21 heavy (non-hydrogen) atoms. The number of methoxy groups -OCH3 is 1.